The molecule has 5 heteroatoms. The molecule has 18 heavy (non-hydrogen) atoms. The molecule has 1 N–H and O–H groups in total. The molecular weight excluding hydrogens is 401 g/mol. The van der Waals surface area contributed by atoms with Gasteiger partial charge in [-0.3, -0.25) is 0 Å². The molecule has 0 fully saturated rings. The Kier molecular flexibility index (Phi) is 4.96. The molecule has 0 aliphatic carbocycles. The van der Waals surface area contributed by atoms with Crippen molar-refractivity contribution in [1.82, 2.24) is 0 Å². The smallest absolute Gasteiger partial charge is 0.0498 e. The van der Waals surface area contributed by atoms with Crippen molar-refractivity contribution in [3.8, 4) is 0 Å². The van der Waals surface area contributed by atoms with Gasteiger partial charge in [0.1, 0.15) is 0 Å². The van der Waals surface area contributed by atoms with E-state index in [1.807, 2.05) is 36.4 Å². The van der Waals surface area contributed by atoms with E-state index in [0.717, 1.165) is 20.2 Å². The minimum atomic E-state index is 0.577. The van der Waals surface area contributed by atoms with Crippen molar-refractivity contribution in [2.24, 2.45) is 0 Å². The molecule has 0 spiro atoms. The van der Waals surface area contributed by atoms with Crippen LogP contribution in [0.25, 0.3) is 0 Å². The lowest BCUT2D eigenvalue weighted by molar-refractivity contribution is 1.15. The van der Waals surface area contributed by atoms with E-state index >= 15 is 0 Å². The summed E-state index contributed by atoms with van der Waals surface area (Å²) in [5.41, 5.74) is 1.88. The van der Waals surface area contributed by atoms with Gasteiger partial charge >= 0.3 is 0 Å². The summed E-state index contributed by atoms with van der Waals surface area (Å²) in [5, 5.41) is 4.64. The summed E-state index contributed by atoms with van der Waals surface area (Å²) in [6.45, 7) is 0.577. The molecule has 0 atom stereocenters. The SMILES string of the molecule is Clc1cccc(Cl)c1CNc1cc(Br)ccc1Br. The Morgan fingerprint density at radius 3 is 2.33 bits per heavy atom. The summed E-state index contributed by atoms with van der Waals surface area (Å²) in [6.07, 6.45) is 0. The van der Waals surface area contributed by atoms with E-state index in [2.05, 4.69) is 37.2 Å². The van der Waals surface area contributed by atoms with Gasteiger partial charge in [-0.1, -0.05) is 45.2 Å². The zero-order valence-electron chi connectivity index (χ0n) is 9.18. The first kappa shape index (κ1) is 14.2. The highest BCUT2D eigenvalue weighted by Crippen LogP contribution is 2.29. The van der Waals surface area contributed by atoms with E-state index in [0.29, 0.717) is 16.6 Å². The van der Waals surface area contributed by atoms with Crippen molar-refractivity contribution in [2.45, 2.75) is 6.54 Å². The van der Waals surface area contributed by atoms with Gasteiger partial charge in [0.05, 0.1) is 0 Å². The van der Waals surface area contributed by atoms with E-state index in [-0.39, 0.29) is 0 Å². The molecule has 0 radical (unpaired) electrons. The molecule has 0 aliphatic heterocycles. The second-order valence-corrected chi connectivity index (χ2v) is 6.26. The van der Waals surface area contributed by atoms with Gasteiger partial charge in [0.25, 0.3) is 0 Å². The van der Waals surface area contributed by atoms with E-state index in [1.54, 1.807) is 0 Å². The minimum Gasteiger partial charge on any atom is -0.380 e. The maximum atomic E-state index is 6.12. The lowest BCUT2D eigenvalue weighted by Gasteiger charge is -2.11. The molecule has 0 aromatic heterocycles. The van der Waals surface area contributed by atoms with Gasteiger partial charge in [-0.2, -0.15) is 0 Å². The Balaban J connectivity index is 2.19. The summed E-state index contributed by atoms with van der Waals surface area (Å²) in [5.74, 6) is 0. The van der Waals surface area contributed by atoms with Crippen molar-refractivity contribution in [3.05, 3.63) is 61.0 Å². The predicted octanol–water partition coefficient (Wildman–Crippen LogP) is 6.13. The third-order valence-electron chi connectivity index (χ3n) is 2.45. The fraction of sp³-hybridized carbons (Fsp3) is 0.0769. The fourth-order valence-corrected chi connectivity index (χ4v) is 2.80. The number of hydrogen-bond donors (Lipinski definition) is 1. The van der Waals surface area contributed by atoms with Crippen LogP contribution in [0.3, 0.4) is 0 Å². The van der Waals surface area contributed by atoms with Gasteiger partial charge in [-0.15, -0.1) is 0 Å². The van der Waals surface area contributed by atoms with E-state index < -0.39 is 0 Å². The monoisotopic (exact) mass is 407 g/mol. The zero-order chi connectivity index (χ0) is 13.1. The Morgan fingerprint density at radius 1 is 1.00 bits per heavy atom. The number of halogens is 4. The first-order valence-corrected chi connectivity index (χ1v) is 7.54. The largest absolute Gasteiger partial charge is 0.380 e. The van der Waals surface area contributed by atoms with Crippen molar-refractivity contribution in [1.29, 1.82) is 0 Å². The second-order valence-electron chi connectivity index (χ2n) is 3.68. The van der Waals surface area contributed by atoms with Gasteiger partial charge < -0.3 is 5.32 Å². The summed E-state index contributed by atoms with van der Waals surface area (Å²) < 4.78 is 2.01. The summed E-state index contributed by atoms with van der Waals surface area (Å²) in [4.78, 5) is 0. The van der Waals surface area contributed by atoms with Crippen LogP contribution < -0.4 is 5.32 Å². The molecule has 2 aromatic carbocycles. The molecule has 2 aromatic rings. The van der Waals surface area contributed by atoms with Gasteiger partial charge in [0, 0.05) is 36.8 Å². The maximum Gasteiger partial charge on any atom is 0.0498 e. The van der Waals surface area contributed by atoms with Crippen LogP contribution in [0.2, 0.25) is 10.0 Å². The van der Waals surface area contributed by atoms with Crippen LogP contribution in [0.1, 0.15) is 5.56 Å². The highest BCUT2D eigenvalue weighted by molar-refractivity contribution is 9.11. The van der Waals surface area contributed by atoms with Crippen LogP contribution in [-0.4, -0.2) is 0 Å². The number of hydrogen-bond acceptors (Lipinski definition) is 1. The topological polar surface area (TPSA) is 12.0 Å². The molecule has 0 amide bonds. The average molecular weight is 410 g/mol. The van der Waals surface area contributed by atoms with Crippen molar-refractivity contribution >= 4 is 60.7 Å². The fourth-order valence-electron chi connectivity index (χ4n) is 1.52. The molecule has 0 bridgehead atoms. The summed E-state index contributed by atoms with van der Waals surface area (Å²) in [6, 6.07) is 11.4. The van der Waals surface area contributed by atoms with E-state index in [1.165, 1.54) is 0 Å². The Hall–Kier alpha value is -0.220. The molecule has 0 unspecified atom stereocenters. The molecule has 94 valence electrons. The van der Waals surface area contributed by atoms with Gasteiger partial charge in [-0.05, 0) is 46.3 Å². The third-order valence-corrected chi connectivity index (χ3v) is 4.34. The molecule has 0 saturated heterocycles. The van der Waals surface area contributed by atoms with Crippen LogP contribution in [0.4, 0.5) is 5.69 Å². The molecule has 0 aliphatic rings. The molecular formula is C13H9Br2Cl2N. The predicted molar refractivity (Wildman–Crippen MR) is 85.6 cm³/mol. The van der Waals surface area contributed by atoms with Crippen molar-refractivity contribution in [2.75, 3.05) is 5.32 Å². The van der Waals surface area contributed by atoms with Crippen LogP contribution in [0.15, 0.2) is 45.3 Å². The molecule has 0 saturated carbocycles. The van der Waals surface area contributed by atoms with Crippen LogP contribution in [0.5, 0.6) is 0 Å². The Morgan fingerprint density at radius 2 is 1.67 bits per heavy atom. The van der Waals surface area contributed by atoms with E-state index in [9.17, 15) is 0 Å². The Bertz CT molecular complexity index is 553. The van der Waals surface area contributed by atoms with Crippen LogP contribution >= 0.6 is 55.1 Å². The second kappa shape index (κ2) is 6.29. The molecule has 2 rings (SSSR count). The lowest BCUT2D eigenvalue weighted by Crippen LogP contribution is -2.01. The summed E-state index contributed by atoms with van der Waals surface area (Å²) in [7, 11) is 0. The van der Waals surface area contributed by atoms with Crippen molar-refractivity contribution in [3.63, 3.8) is 0 Å². The molecule has 0 heterocycles. The first-order valence-electron chi connectivity index (χ1n) is 5.20. The van der Waals surface area contributed by atoms with Crippen LogP contribution in [0, 0.1) is 0 Å². The quantitative estimate of drug-likeness (QED) is 0.642. The Labute approximate surface area is 133 Å². The van der Waals surface area contributed by atoms with Crippen molar-refractivity contribution < 1.29 is 0 Å². The third kappa shape index (κ3) is 3.41. The summed E-state index contributed by atoms with van der Waals surface area (Å²) >= 11 is 19.2. The highest BCUT2D eigenvalue weighted by atomic mass is 79.9. The number of rotatable bonds is 3. The standard InChI is InChI=1S/C13H9Br2Cl2N/c14-8-4-5-10(15)13(6-8)18-7-9-11(16)2-1-3-12(9)17/h1-6,18H,7H2. The van der Waals surface area contributed by atoms with Crippen LogP contribution in [-0.2, 0) is 6.54 Å². The van der Waals surface area contributed by atoms with Gasteiger partial charge in [0.15, 0.2) is 0 Å². The number of anilines is 1. The normalized spacial score (nSPS) is 10.4. The first-order chi connectivity index (χ1) is 8.58. The minimum absolute atomic E-state index is 0.577. The number of benzene rings is 2. The average Bonchev–Trinajstić information content (AvgIpc) is 2.33. The molecule has 1 nitrogen and oxygen atoms in total. The van der Waals surface area contributed by atoms with Gasteiger partial charge in [-0.25, -0.2) is 0 Å². The highest BCUT2D eigenvalue weighted by Gasteiger charge is 2.06. The lowest BCUT2D eigenvalue weighted by atomic mass is 10.2. The number of nitrogens with one attached hydrogen (secondary N) is 1. The maximum absolute atomic E-state index is 6.12. The zero-order valence-corrected chi connectivity index (χ0v) is 13.9. The van der Waals surface area contributed by atoms with Gasteiger partial charge in [0.2, 0.25) is 0 Å². The van der Waals surface area contributed by atoms with E-state index in [4.69, 9.17) is 23.2 Å².